The van der Waals surface area contributed by atoms with Crippen LogP contribution in [0.1, 0.15) is 17.3 Å². The molecule has 3 aromatic rings. The average Bonchev–Trinajstić information content (AvgIpc) is 2.85. The van der Waals surface area contributed by atoms with E-state index in [9.17, 15) is 35.5 Å². The Balaban J connectivity index is 1.91. The molecule has 4 N–H and O–H groups in total. The van der Waals surface area contributed by atoms with Gasteiger partial charge in [0.05, 0.1) is 23.0 Å². The first kappa shape index (κ1) is 27.1. The van der Waals surface area contributed by atoms with Gasteiger partial charge in [0.1, 0.15) is 5.75 Å². The molecular formula is C23H18F7N5O3. The third kappa shape index (κ3) is 5.07. The Bertz CT molecular complexity index is 1370. The number of para-hydroxylation sites is 1. The van der Waals surface area contributed by atoms with E-state index in [2.05, 4.69) is 9.82 Å². The molecule has 4 rings (SSSR count). The zero-order valence-corrected chi connectivity index (χ0v) is 19.2. The second kappa shape index (κ2) is 9.74. The molecule has 0 amide bonds. The number of rotatable bonds is 4. The van der Waals surface area contributed by atoms with E-state index in [1.165, 1.54) is 31.3 Å². The number of hydroxylamine groups is 1. The Labute approximate surface area is 210 Å². The number of carbonyl (C=O) groups excluding carboxylic acids is 1. The van der Waals surface area contributed by atoms with Crippen LogP contribution in [-0.2, 0) is 15.8 Å². The second-order valence-corrected chi connectivity index (χ2v) is 8.04. The Hall–Kier alpha value is -3.95. The quantitative estimate of drug-likeness (QED) is 0.456. The van der Waals surface area contributed by atoms with Crippen molar-refractivity contribution in [3.05, 3.63) is 71.5 Å². The lowest BCUT2D eigenvalue weighted by Gasteiger charge is -2.42. The first-order valence-corrected chi connectivity index (χ1v) is 10.7. The van der Waals surface area contributed by atoms with Crippen LogP contribution in [0.3, 0.4) is 0 Å². The number of aromatic nitrogens is 1. The van der Waals surface area contributed by atoms with Crippen LogP contribution in [0.5, 0.6) is 11.5 Å². The van der Waals surface area contributed by atoms with Crippen LogP contribution in [0.2, 0.25) is 0 Å². The summed E-state index contributed by atoms with van der Waals surface area (Å²) in [4.78, 5) is 21.2. The molecule has 0 aliphatic carbocycles. The maximum absolute atomic E-state index is 14.2. The predicted molar refractivity (Wildman–Crippen MR) is 118 cm³/mol. The normalized spacial score (nSPS) is 18.2. The molecule has 0 saturated heterocycles. The minimum absolute atomic E-state index is 0.00557. The number of halogens is 7. The molecule has 2 aromatic carbocycles. The molecule has 38 heavy (non-hydrogen) atoms. The predicted octanol–water partition coefficient (Wildman–Crippen LogP) is 4.67. The lowest BCUT2D eigenvalue weighted by Crippen LogP contribution is -2.60. The fourth-order valence-electron chi connectivity index (χ4n) is 3.68. The number of hydrogen-bond acceptors (Lipinski definition) is 8. The topological polar surface area (TPSA) is 107 Å². The highest BCUT2D eigenvalue weighted by Crippen LogP contribution is 2.45. The minimum atomic E-state index is -5.42. The van der Waals surface area contributed by atoms with E-state index in [0.717, 1.165) is 35.2 Å². The van der Waals surface area contributed by atoms with Gasteiger partial charge in [0.2, 0.25) is 0 Å². The number of pyridine rings is 1. The summed E-state index contributed by atoms with van der Waals surface area (Å²) in [7, 11) is 1.32. The number of carbonyl (C=O) groups is 1. The van der Waals surface area contributed by atoms with Gasteiger partial charge >= 0.3 is 18.3 Å². The van der Waals surface area contributed by atoms with Gasteiger partial charge < -0.3 is 15.3 Å². The Morgan fingerprint density at radius 3 is 2.24 bits per heavy atom. The van der Waals surface area contributed by atoms with E-state index in [0.29, 0.717) is 5.06 Å². The van der Waals surface area contributed by atoms with Crippen molar-refractivity contribution in [2.75, 3.05) is 12.1 Å². The third-order valence-corrected chi connectivity index (χ3v) is 5.59. The van der Waals surface area contributed by atoms with Crippen molar-refractivity contribution in [2.45, 2.75) is 24.8 Å². The van der Waals surface area contributed by atoms with E-state index >= 15 is 0 Å². The fraction of sp³-hybridized carbons (Fsp3) is 0.217. The summed E-state index contributed by atoms with van der Waals surface area (Å²) in [5, 5.41) is 0.297. The van der Waals surface area contributed by atoms with Gasteiger partial charge in [0.15, 0.2) is 23.7 Å². The molecule has 0 bridgehead atoms. The maximum atomic E-state index is 14.2. The van der Waals surface area contributed by atoms with Crippen molar-refractivity contribution in [1.82, 2.24) is 9.88 Å². The van der Waals surface area contributed by atoms with E-state index in [4.69, 9.17) is 16.2 Å². The molecule has 15 heteroatoms. The number of alkyl halides is 6. The molecule has 202 valence electrons. The van der Waals surface area contributed by atoms with Crippen LogP contribution >= 0.6 is 0 Å². The molecule has 1 aliphatic heterocycles. The van der Waals surface area contributed by atoms with E-state index in [1.54, 1.807) is 0 Å². The van der Waals surface area contributed by atoms with Crippen molar-refractivity contribution in [3.8, 4) is 22.8 Å². The number of nitrogens with zero attached hydrogens (tertiary/aromatic N) is 3. The fourth-order valence-corrected chi connectivity index (χ4v) is 3.68. The van der Waals surface area contributed by atoms with Crippen molar-refractivity contribution < 1.29 is 45.1 Å². The zero-order valence-electron chi connectivity index (χ0n) is 19.2. The monoisotopic (exact) mass is 545 g/mol. The Morgan fingerprint density at radius 1 is 0.947 bits per heavy atom. The maximum Gasteiger partial charge on any atom is 0.493 e. The summed E-state index contributed by atoms with van der Waals surface area (Å²) in [5.41, 5.74) is 9.60. The molecular weight excluding hydrogens is 527 g/mol. The molecule has 0 radical (unpaired) electrons. The highest BCUT2D eigenvalue weighted by Gasteiger charge is 2.46. The van der Waals surface area contributed by atoms with Crippen LogP contribution in [0.25, 0.3) is 11.3 Å². The average molecular weight is 545 g/mol. The van der Waals surface area contributed by atoms with E-state index < -0.39 is 70.7 Å². The molecule has 2 atom stereocenters. The van der Waals surface area contributed by atoms with Crippen LogP contribution in [0, 0.1) is 5.82 Å². The number of benzene rings is 2. The molecule has 2 heterocycles. The van der Waals surface area contributed by atoms with Crippen molar-refractivity contribution in [2.24, 2.45) is 11.5 Å². The van der Waals surface area contributed by atoms with Crippen molar-refractivity contribution >= 4 is 11.8 Å². The highest BCUT2D eigenvalue weighted by atomic mass is 19.4. The summed E-state index contributed by atoms with van der Waals surface area (Å²) in [6.07, 6.45) is -13.0. The summed E-state index contributed by atoms with van der Waals surface area (Å²) in [5.74, 6) is -4.89. The van der Waals surface area contributed by atoms with Crippen LogP contribution in [0.15, 0.2) is 54.6 Å². The van der Waals surface area contributed by atoms with E-state index in [1.807, 2.05) is 0 Å². The zero-order chi connectivity index (χ0) is 28.0. The van der Waals surface area contributed by atoms with Gasteiger partial charge in [-0.05, 0) is 37.4 Å². The summed E-state index contributed by atoms with van der Waals surface area (Å²) >= 11 is 0. The lowest BCUT2D eigenvalue weighted by molar-refractivity contribution is -0.204. The minimum Gasteiger partial charge on any atom is -0.454 e. The summed E-state index contributed by atoms with van der Waals surface area (Å²) in [6, 6.07) is 10.2. The van der Waals surface area contributed by atoms with Gasteiger partial charge in [0, 0.05) is 5.56 Å². The number of nitrogens with two attached hydrogens (primary N) is 2. The number of anilines is 1. The molecule has 1 aliphatic rings. The van der Waals surface area contributed by atoms with Gasteiger partial charge in [-0.25, -0.2) is 14.2 Å². The lowest BCUT2D eigenvalue weighted by atomic mass is 10.0. The van der Waals surface area contributed by atoms with Crippen LogP contribution in [0.4, 0.5) is 36.6 Å². The highest BCUT2D eigenvalue weighted by molar-refractivity contribution is 5.78. The van der Waals surface area contributed by atoms with Crippen molar-refractivity contribution in [1.29, 1.82) is 0 Å². The van der Waals surface area contributed by atoms with E-state index in [-0.39, 0.29) is 5.56 Å². The smallest absolute Gasteiger partial charge is 0.454 e. The molecule has 2 unspecified atom stereocenters. The standard InChI is InChI=1S/C23H18F7N5O3/c1-34-18(31)11-9-10-14(33-19(11)35(21(34)32)38-20(36)23(28,29)30)17-12(22(25,26)27)5-4-8-16(17)37-15-7-3-2-6-13(15)24/h2-10,18,21H,31-32H2,1H3. The Kier molecular flexibility index (Phi) is 6.94. The van der Waals surface area contributed by atoms with Crippen molar-refractivity contribution in [3.63, 3.8) is 0 Å². The molecule has 8 nitrogen and oxygen atoms in total. The molecule has 0 fully saturated rings. The number of hydrogen-bond donors (Lipinski definition) is 2. The summed E-state index contributed by atoms with van der Waals surface area (Å²) in [6.45, 7) is 0. The van der Waals surface area contributed by atoms with Crippen LogP contribution in [-0.4, -0.2) is 35.4 Å². The van der Waals surface area contributed by atoms with Gasteiger partial charge in [-0.2, -0.15) is 31.4 Å². The SMILES string of the molecule is CN1C(N)c2ccc(-c3c(Oc4ccccc4F)cccc3C(F)(F)F)nc2N(OC(=O)C(F)(F)F)C1N. The summed E-state index contributed by atoms with van der Waals surface area (Å²) < 4.78 is 101. The molecule has 1 aromatic heterocycles. The number of ether oxygens (including phenoxy) is 1. The number of fused-ring (bicyclic) bond motifs is 1. The third-order valence-electron chi connectivity index (χ3n) is 5.59. The molecule has 0 saturated carbocycles. The van der Waals surface area contributed by atoms with Gasteiger partial charge in [-0.15, -0.1) is 0 Å². The first-order valence-electron chi connectivity index (χ1n) is 10.7. The second-order valence-electron chi connectivity index (χ2n) is 8.04. The van der Waals surface area contributed by atoms with Gasteiger partial charge in [-0.3, -0.25) is 10.6 Å². The molecule has 0 spiro atoms. The largest absolute Gasteiger partial charge is 0.493 e. The van der Waals surface area contributed by atoms with Gasteiger partial charge in [0.25, 0.3) is 0 Å². The first-order chi connectivity index (χ1) is 17.7. The van der Waals surface area contributed by atoms with Crippen LogP contribution < -0.4 is 21.3 Å². The Morgan fingerprint density at radius 2 is 1.61 bits per heavy atom. The van der Waals surface area contributed by atoms with Gasteiger partial charge in [-0.1, -0.05) is 24.3 Å².